The minimum Gasteiger partial charge on any atom is -0.384 e. The van der Waals surface area contributed by atoms with Crippen LogP contribution in [-0.2, 0) is 28.9 Å². The lowest BCUT2D eigenvalue weighted by Gasteiger charge is -2.34. The monoisotopic (exact) mass is 563 g/mol. The molecule has 8 nitrogen and oxygen atoms in total. The Balaban J connectivity index is 1.16. The zero-order valence-electron chi connectivity index (χ0n) is 24.3. The fourth-order valence-corrected chi connectivity index (χ4v) is 5.20. The second-order valence-electron chi connectivity index (χ2n) is 10.7. The predicted octanol–water partition coefficient (Wildman–Crippen LogP) is 4.54. The molecule has 0 unspecified atom stereocenters. The number of aryl methyl sites for hydroxylation is 1. The fraction of sp³-hybridized carbons (Fsp3) is 0.324. The van der Waals surface area contributed by atoms with E-state index in [4.69, 9.17) is 9.72 Å². The summed E-state index contributed by atoms with van der Waals surface area (Å²) < 4.78 is 5.02. The van der Waals surface area contributed by atoms with E-state index in [0.29, 0.717) is 31.4 Å². The largest absolute Gasteiger partial charge is 0.384 e. The van der Waals surface area contributed by atoms with Crippen molar-refractivity contribution in [1.82, 2.24) is 24.8 Å². The third-order valence-corrected chi connectivity index (χ3v) is 7.72. The van der Waals surface area contributed by atoms with Crippen LogP contribution in [0.5, 0.6) is 0 Å². The van der Waals surface area contributed by atoms with Gasteiger partial charge in [0.25, 0.3) is 0 Å². The molecule has 1 fully saturated rings. The normalized spacial score (nSPS) is 13.7. The van der Waals surface area contributed by atoms with Crippen molar-refractivity contribution in [2.45, 2.75) is 32.7 Å². The van der Waals surface area contributed by atoms with Gasteiger partial charge in [-0.3, -0.25) is 19.5 Å². The summed E-state index contributed by atoms with van der Waals surface area (Å²) in [7, 11) is 1.62. The second kappa shape index (κ2) is 14.1. The maximum absolute atomic E-state index is 13.2. The van der Waals surface area contributed by atoms with E-state index in [1.54, 1.807) is 25.7 Å². The number of benzene rings is 2. The summed E-state index contributed by atoms with van der Waals surface area (Å²) in [5.74, 6) is 0.982. The lowest BCUT2D eigenvalue weighted by atomic mass is 9.97. The highest BCUT2D eigenvalue weighted by Gasteiger charge is 2.21. The number of carbonyl (C=O) groups is 2. The number of ether oxygens (including phenoxy) is 1. The molecule has 4 aromatic rings. The Hall–Kier alpha value is -4.27. The average Bonchev–Trinajstić information content (AvgIpc) is 3.03. The number of rotatable bonds is 11. The van der Waals surface area contributed by atoms with Crippen LogP contribution in [-0.4, -0.2) is 76.3 Å². The Labute approximate surface area is 247 Å². The van der Waals surface area contributed by atoms with E-state index in [0.717, 1.165) is 72.1 Å². The van der Waals surface area contributed by atoms with Crippen molar-refractivity contribution in [3.8, 4) is 11.3 Å². The first-order chi connectivity index (χ1) is 20.5. The number of aromatic nitrogens is 3. The maximum atomic E-state index is 13.2. The van der Waals surface area contributed by atoms with Crippen molar-refractivity contribution >= 4 is 11.7 Å². The van der Waals surface area contributed by atoms with Crippen LogP contribution >= 0.6 is 0 Å². The standard InChI is InChI=1S/C34H37N5O3/c1-25-5-6-27(20-30(25)22-33-36-14-11-31(37-33)29-4-3-13-35-23-29)21-32(40)28-9-7-26(8-10-28)24-38-15-17-39(18-16-38)34(41)12-19-42-2/h3-11,13-14,20,23H,12,15-19,21-22,24H2,1-2H3. The van der Waals surface area contributed by atoms with Crippen molar-refractivity contribution in [2.75, 3.05) is 39.9 Å². The Morgan fingerprint density at radius 3 is 2.45 bits per heavy atom. The number of nitrogens with zero attached hydrogens (tertiary/aromatic N) is 5. The van der Waals surface area contributed by atoms with E-state index in [-0.39, 0.29) is 11.7 Å². The molecular formula is C34H37N5O3. The number of methoxy groups -OCH3 is 1. The van der Waals surface area contributed by atoms with E-state index in [1.807, 2.05) is 53.4 Å². The summed E-state index contributed by atoms with van der Waals surface area (Å²) >= 11 is 0. The smallest absolute Gasteiger partial charge is 0.224 e. The fourth-order valence-electron chi connectivity index (χ4n) is 5.20. The highest BCUT2D eigenvalue weighted by molar-refractivity contribution is 5.97. The molecule has 0 spiro atoms. The van der Waals surface area contributed by atoms with Gasteiger partial charge in [0, 0.05) is 82.4 Å². The van der Waals surface area contributed by atoms with Crippen molar-refractivity contribution in [3.05, 3.63) is 113 Å². The van der Waals surface area contributed by atoms with Gasteiger partial charge in [-0.1, -0.05) is 42.5 Å². The summed E-state index contributed by atoms with van der Waals surface area (Å²) in [6.45, 7) is 6.50. The number of pyridine rings is 1. The Morgan fingerprint density at radius 2 is 1.71 bits per heavy atom. The van der Waals surface area contributed by atoms with E-state index in [2.05, 4.69) is 33.9 Å². The molecule has 2 aromatic heterocycles. The van der Waals surface area contributed by atoms with Crippen LogP contribution in [0.2, 0.25) is 0 Å². The second-order valence-corrected chi connectivity index (χ2v) is 10.7. The molecule has 0 bridgehead atoms. The number of hydrogen-bond donors (Lipinski definition) is 0. The van der Waals surface area contributed by atoms with Gasteiger partial charge < -0.3 is 9.64 Å². The lowest BCUT2D eigenvalue weighted by Crippen LogP contribution is -2.48. The van der Waals surface area contributed by atoms with Crippen LogP contribution in [0, 0.1) is 6.92 Å². The summed E-state index contributed by atoms with van der Waals surface area (Å²) in [4.78, 5) is 43.1. The summed E-state index contributed by atoms with van der Waals surface area (Å²) in [5.41, 5.74) is 6.90. The molecule has 3 heterocycles. The summed E-state index contributed by atoms with van der Waals surface area (Å²) in [5, 5.41) is 0. The average molecular weight is 564 g/mol. The molecule has 0 atom stereocenters. The van der Waals surface area contributed by atoms with Crippen LogP contribution in [0.25, 0.3) is 11.3 Å². The van der Waals surface area contributed by atoms with Crippen molar-refractivity contribution in [3.63, 3.8) is 0 Å². The molecule has 216 valence electrons. The van der Waals surface area contributed by atoms with Gasteiger partial charge in [0.1, 0.15) is 5.82 Å². The van der Waals surface area contributed by atoms with Crippen molar-refractivity contribution in [2.24, 2.45) is 0 Å². The molecule has 1 aliphatic heterocycles. The molecule has 0 N–H and O–H groups in total. The number of carbonyl (C=O) groups excluding carboxylic acids is 2. The quantitative estimate of drug-likeness (QED) is 0.248. The molecule has 1 amide bonds. The highest BCUT2D eigenvalue weighted by Crippen LogP contribution is 2.20. The van der Waals surface area contributed by atoms with E-state index < -0.39 is 0 Å². The molecule has 0 radical (unpaired) electrons. The molecule has 0 saturated carbocycles. The van der Waals surface area contributed by atoms with Crippen molar-refractivity contribution in [1.29, 1.82) is 0 Å². The van der Waals surface area contributed by atoms with Gasteiger partial charge in [-0.25, -0.2) is 9.97 Å². The zero-order valence-corrected chi connectivity index (χ0v) is 24.3. The Kier molecular flexibility index (Phi) is 9.79. The molecule has 2 aromatic carbocycles. The van der Waals surface area contributed by atoms with E-state index in [1.165, 1.54) is 0 Å². The Morgan fingerprint density at radius 1 is 0.929 bits per heavy atom. The molecule has 42 heavy (non-hydrogen) atoms. The van der Waals surface area contributed by atoms with Gasteiger partial charge in [0.2, 0.25) is 5.91 Å². The van der Waals surface area contributed by atoms with Gasteiger partial charge in [-0.05, 0) is 47.4 Å². The third kappa shape index (κ3) is 7.72. The lowest BCUT2D eigenvalue weighted by molar-refractivity contribution is -0.133. The van der Waals surface area contributed by atoms with Crippen LogP contribution in [0.1, 0.15) is 44.9 Å². The molecule has 1 saturated heterocycles. The number of ketones is 1. The van der Waals surface area contributed by atoms with E-state index >= 15 is 0 Å². The number of amides is 1. The topological polar surface area (TPSA) is 88.5 Å². The van der Waals surface area contributed by atoms with Gasteiger partial charge in [0.05, 0.1) is 18.7 Å². The Bertz CT molecular complexity index is 1500. The van der Waals surface area contributed by atoms with Crippen LogP contribution < -0.4 is 0 Å². The first-order valence-electron chi connectivity index (χ1n) is 14.4. The first-order valence-corrected chi connectivity index (χ1v) is 14.4. The van der Waals surface area contributed by atoms with Gasteiger partial charge in [-0.2, -0.15) is 0 Å². The molecule has 5 rings (SSSR count). The molecule has 8 heteroatoms. The van der Waals surface area contributed by atoms with Gasteiger partial charge in [0.15, 0.2) is 5.78 Å². The SMILES string of the molecule is COCCC(=O)N1CCN(Cc2ccc(C(=O)Cc3ccc(C)c(Cc4nccc(-c5cccnc5)n4)c3)cc2)CC1. The number of piperazine rings is 1. The minimum absolute atomic E-state index is 0.0920. The summed E-state index contributed by atoms with van der Waals surface area (Å²) in [6, 6.07) is 19.9. The van der Waals surface area contributed by atoms with E-state index in [9.17, 15) is 9.59 Å². The predicted molar refractivity (Wildman–Crippen MR) is 162 cm³/mol. The third-order valence-electron chi connectivity index (χ3n) is 7.72. The maximum Gasteiger partial charge on any atom is 0.224 e. The van der Waals surface area contributed by atoms with Gasteiger partial charge in [-0.15, -0.1) is 0 Å². The first kappa shape index (κ1) is 29.2. The van der Waals surface area contributed by atoms with Crippen LogP contribution in [0.3, 0.4) is 0 Å². The molecule has 1 aliphatic rings. The summed E-state index contributed by atoms with van der Waals surface area (Å²) in [6.07, 6.45) is 6.68. The van der Waals surface area contributed by atoms with Crippen LogP contribution in [0.4, 0.5) is 0 Å². The van der Waals surface area contributed by atoms with Crippen molar-refractivity contribution < 1.29 is 14.3 Å². The van der Waals surface area contributed by atoms with Gasteiger partial charge >= 0.3 is 0 Å². The molecular weight excluding hydrogens is 526 g/mol. The van der Waals surface area contributed by atoms with Crippen LogP contribution in [0.15, 0.2) is 79.3 Å². The number of hydrogen-bond acceptors (Lipinski definition) is 7. The number of Topliss-reactive ketones (excluding diaryl/α,β-unsaturated/α-hetero) is 1. The highest BCUT2D eigenvalue weighted by atomic mass is 16.5. The zero-order chi connectivity index (χ0) is 29.3. The molecule has 0 aliphatic carbocycles. The minimum atomic E-state index is 0.0920.